The zero-order valence-corrected chi connectivity index (χ0v) is 14.0. The van der Waals surface area contributed by atoms with Crippen LogP contribution < -0.4 is 10.6 Å². The Morgan fingerprint density at radius 3 is 2.44 bits per heavy atom. The van der Waals surface area contributed by atoms with Gasteiger partial charge in [-0.15, -0.1) is 10.2 Å². The SMILES string of the molecule is Cc1c(Cl)cccc1Nc1ccc(NC(=O)c2ccccc2F)nn1. The van der Waals surface area contributed by atoms with Crippen LogP contribution in [0.2, 0.25) is 5.02 Å². The molecule has 0 saturated carbocycles. The van der Waals surface area contributed by atoms with E-state index in [9.17, 15) is 9.18 Å². The third kappa shape index (κ3) is 3.92. The van der Waals surface area contributed by atoms with Crippen molar-refractivity contribution in [3.63, 3.8) is 0 Å². The van der Waals surface area contributed by atoms with Crippen LogP contribution in [0.3, 0.4) is 0 Å². The van der Waals surface area contributed by atoms with Gasteiger partial charge < -0.3 is 10.6 Å². The van der Waals surface area contributed by atoms with Crippen molar-refractivity contribution in [2.24, 2.45) is 0 Å². The Balaban J connectivity index is 1.71. The molecule has 2 aromatic carbocycles. The first-order chi connectivity index (χ1) is 12.0. The van der Waals surface area contributed by atoms with E-state index in [1.807, 2.05) is 19.1 Å². The Hall–Kier alpha value is -2.99. The molecule has 25 heavy (non-hydrogen) atoms. The van der Waals surface area contributed by atoms with E-state index in [-0.39, 0.29) is 11.4 Å². The minimum absolute atomic E-state index is 0.0546. The second kappa shape index (κ2) is 7.27. The zero-order valence-electron chi connectivity index (χ0n) is 13.3. The van der Waals surface area contributed by atoms with Crippen LogP contribution >= 0.6 is 11.6 Å². The van der Waals surface area contributed by atoms with Crippen LogP contribution in [0.4, 0.5) is 21.7 Å². The van der Waals surface area contributed by atoms with Gasteiger partial charge in [-0.25, -0.2) is 4.39 Å². The van der Waals surface area contributed by atoms with E-state index in [4.69, 9.17) is 11.6 Å². The van der Waals surface area contributed by atoms with Crippen molar-refractivity contribution in [3.05, 3.63) is 76.6 Å². The van der Waals surface area contributed by atoms with E-state index in [0.29, 0.717) is 10.8 Å². The molecule has 5 nitrogen and oxygen atoms in total. The second-order valence-corrected chi connectivity index (χ2v) is 5.68. The average Bonchev–Trinajstić information content (AvgIpc) is 2.61. The summed E-state index contributed by atoms with van der Waals surface area (Å²) in [6, 6.07) is 14.5. The van der Waals surface area contributed by atoms with Crippen molar-refractivity contribution in [1.29, 1.82) is 0 Å². The maximum Gasteiger partial charge on any atom is 0.259 e. The molecule has 0 fully saturated rings. The molecule has 3 rings (SSSR count). The van der Waals surface area contributed by atoms with Crippen molar-refractivity contribution < 1.29 is 9.18 Å². The number of anilines is 3. The lowest BCUT2D eigenvalue weighted by Crippen LogP contribution is -2.15. The second-order valence-electron chi connectivity index (χ2n) is 5.28. The molecule has 0 aliphatic carbocycles. The highest BCUT2D eigenvalue weighted by Gasteiger charge is 2.12. The van der Waals surface area contributed by atoms with Gasteiger partial charge in [0, 0.05) is 10.7 Å². The van der Waals surface area contributed by atoms with Gasteiger partial charge in [0.15, 0.2) is 11.6 Å². The molecule has 0 aliphatic rings. The van der Waals surface area contributed by atoms with Gasteiger partial charge in [0.05, 0.1) is 5.56 Å². The van der Waals surface area contributed by atoms with Gasteiger partial charge in [0.2, 0.25) is 0 Å². The predicted octanol–water partition coefficient (Wildman–Crippen LogP) is 4.57. The number of carbonyl (C=O) groups excluding carboxylic acids is 1. The zero-order chi connectivity index (χ0) is 17.8. The smallest absolute Gasteiger partial charge is 0.259 e. The monoisotopic (exact) mass is 356 g/mol. The minimum Gasteiger partial charge on any atom is -0.338 e. The fourth-order valence-electron chi connectivity index (χ4n) is 2.18. The van der Waals surface area contributed by atoms with Crippen LogP contribution in [0.15, 0.2) is 54.6 Å². The number of hydrogen-bond acceptors (Lipinski definition) is 4. The maximum atomic E-state index is 13.6. The number of rotatable bonds is 4. The molecule has 2 N–H and O–H groups in total. The third-order valence-corrected chi connectivity index (χ3v) is 3.96. The summed E-state index contributed by atoms with van der Waals surface area (Å²) in [6.07, 6.45) is 0. The summed E-state index contributed by atoms with van der Waals surface area (Å²) in [5.41, 5.74) is 1.65. The normalized spacial score (nSPS) is 10.4. The van der Waals surface area contributed by atoms with Gasteiger partial charge in [-0.05, 0) is 48.9 Å². The van der Waals surface area contributed by atoms with Crippen LogP contribution in [0.1, 0.15) is 15.9 Å². The van der Waals surface area contributed by atoms with Crippen molar-refractivity contribution in [1.82, 2.24) is 10.2 Å². The van der Waals surface area contributed by atoms with Crippen LogP contribution in [-0.2, 0) is 0 Å². The van der Waals surface area contributed by atoms with E-state index in [1.54, 1.807) is 24.3 Å². The maximum absolute atomic E-state index is 13.6. The summed E-state index contributed by atoms with van der Waals surface area (Å²) in [5.74, 6) is -0.461. The highest BCUT2D eigenvalue weighted by Crippen LogP contribution is 2.25. The summed E-state index contributed by atoms with van der Waals surface area (Å²) in [7, 11) is 0. The molecular weight excluding hydrogens is 343 g/mol. The van der Waals surface area contributed by atoms with Crippen molar-refractivity contribution in [2.75, 3.05) is 10.6 Å². The molecule has 0 atom stereocenters. The predicted molar refractivity (Wildman–Crippen MR) is 95.9 cm³/mol. The molecule has 1 aromatic heterocycles. The lowest BCUT2D eigenvalue weighted by atomic mass is 10.2. The van der Waals surface area contributed by atoms with Gasteiger partial charge in [0.25, 0.3) is 5.91 Å². The number of halogens is 2. The van der Waals surface area contributed by atoms with Gasteiger partial charge in [-0.3, -0.25) is 4.79 Å². The third-order valence-electron chi connectivity index (χ3n) is 3.56. The van der Waals surface area contributed by atoms with Gasteiger partial charge in [0.1, 0.15) is 5.82 Å². The van der Waals surface area contributed by atoms with Crippen molar-refractivity contribution in [2.45, 2.75) is 6.92 Å². The molecule has 1 heterocycles. The van der Waals surface area contributed by atoms with E-state index in [0.717, 1.165) is 11.3 Å². The van der Waals surface area contributed by atoms with E-state index >= 15 is 0 Å². The fraction of sp³-hybridized carbons (Fsp3) is 0.0556. The average molecular weight is 357 g/mol. The van der Waals surface area contributed by atoms with E-state index < -0.39 is 11.7 Å². The molecule has 1 amide bonds. The fourth-order valence-corrected chi connectivity index (χ4v) is 2.35. The van der Waals surface area contributed by atoms with Gasteiger partial charge in [-0.1, -0.05) is 29.8 Å². The molecule has 7 heteroatoms. The summed E-state index contributed by atoms with van der Waals surface area (Å²) in [5, 5.41) is 14.2. The Labute approximate surface area is 148 Å². The quantitative estimate of drug-likeness (QED) is 0.718. The minimum atomic E-state index is -0.595. The highest BCUT2D eigenvalue weighted by molar-refractivity contribution is 6.31. The molecule has 3 aromatic rings. The van der Waals surface area contributed by atoms with Crippen LogP contribution in [0, 0.1) is 12.7 Å². The Morgan fingerprint density at radius 1 is 1.00 bits per heavy atom. The lowest BCUT2D eigenvalue weighted by molar-refractivity contribution is 0.102. The first-order valence-electron chi connectivity index (χ1n) is 7.46. The number of amides is 1. The van der Waals surface area contributed by atoms with E-state index in [1.165, 1.54) is 18.2 Å². The molecule has 0 aliphatic heterocycles. The molecule has 0 bridgehead atoms. The summed E-state index contributed by atoms with van der Waals surface area (Å²) < 4.78 is 13.6. The summed E-state index contributed by atoms with van der Waals surface area (Å²) >= 11 is 6.08. The Bertz CT molecular complexity index is 915. The number of hydrogen-bond donors (Lipinski definition) is 2. The number of aromatic nitrogens is 2. The summed E-state index contributed by atoms with van der Waals surface area (Å²) in [4.78, 5) is 12.0. The summed E-state index contributed by atoms with van der Waals surface area (Å²) in [6.45, 7) is 1.89. The lowest BCUT2D eigenvalue weighted by Gasteiger charge is -2.10. The number of nitrogens with zero attached hydrogens (tertiary/aromatic N) is 2. The topological polar surface area (TPSA) is 66.9 Å². The first kappa shape index (κ1) is 16.9. The standard InChI is InChI=1S/C18H14ClFN4O/c1-11-13(19)6-4-8-15(11)21-16-9-10-17(24-23-16)22-18(25)12-5-2-3-7-14(12)20/h2-10H,1H3,(H,21,23)(H,22,24,25). The highest BCUT2D eigenvalue weighted by atomic mass is 35.5. The van der Waals surface area contributed by atoms with E-state index in [2.05, 4.69) is 20.8 Å². The molecule has 0 saturated heterocycles. The molecular formula is C18H14ClFN4O. The number of nitrogens with one attached hydrogen (secondary N) is 2. The number of benzene rings is 2. The Kier molecular flexibility index (Phi) is 4.90. The van der Waals surface area contributed by atoms with Crippen LogP contribution in [-0.4, -0.2) is 16.1 Å². The largest absolute Gasteiger partial charge is 0.338 e. The molecule has 0 unspecified atom stereocenters. The molecule has 0 radical (unpaired) electrons. The van der Waals surface area contributed by atoms with Crippen molar-refractivity contribution in [3.8, 4) is 0 Å². The van der Waals surface area contributed by atoms with Crippen LogP contribution in [0.5, 0.6) is 0 Å². The Morgan fingerprint density at radius 2 is 1.72 bits per heavy atom. The van der Waals surface area contributed by atoms with Crippen LogP contribution in [0.25, 0.3) is 0 Å². The van der Waals surface area contributed by atoms with Gasteiger partial charge in [-0.2, -0.15) is 0 Å². The molecule has 0 spiro atoms. The first-order valence-corrected chi connectivity index (χ1v) is 7.84. The van der Waals surface area contributed by atoms with Gasteiger partial charge >= 0.3 is 0 Å². The molecule has 126 valence electrons. The number of carbonyl (C=O) groups is 1. The van der Waals surface area contributed by atoms with Crippen molar-refractivity contribution >= 4 is 34.8 Å².